The Morgan fingerprint density at radius 2 is 2.15 bits per heavy atom. The molecule has 2 rings (SSSR count). The molecule has 3 atom stereocenters. The molecule has 1 aromatic carbocycles. The van der Waals surface area contributed by atoms with Crippen molar-refractivity contribution in [3.8, 4) is 0 Å². The average Bonchev–Trinajstić information content (AvgIpc) is 2.45. The molecule has 1 N–H and O–H groups in total. The van der Waals surface area contributed by atoms with Crippen molar-refractivity contribution in [3.63, 3.8) is 0 Å². The largest absolute Gasteiger partial charge is 0.416 e. The maximum Gasteiger partial charge on any atom is 0.416 e. The van der Waals surface area contributed by atoms with Gasteiger partial charge in [-0.25, -0.2) is 0 Å². The highest BCUT2D eigenvalue weighted by Gasteiger charge is 2.33. The van der Waals surface area contributed by atoms with Crippen LogP contribution in [0.1, 0.15) is 12.0 Å². The molecule has 1 aromatic rings. The van der Waals surface area contributed by atoms with Gasteiger partial charge in [-0.3, -0.25) is 4.21 Å². The zero-order valence-electron chi connectivity index (χ0n) is 10.9. The fraction of sp³-hybridized carbons (Fsp3) is 0.538. The summed E-state index contributed by atoms with van der Waals surface area (Å²) in [5, 5.41) is 2.72. The monoisotopic (exact) mass is 307 g/mol. The molecular weight excluding hydrogens is 291 g/mol. The molecule has 112 valence electrons. The van der Waals surface area contributed by atoms with Crippen molar-refractivity contribution >= 4 is 10.8 Å². The second kappa shape index (κ2) is 6.24. The van der Waals surface area contributed by atoms with Crippen molar-refractivity contribution in [1.82, 2.24) is 5.32 Å². The molecule has 0 saturated carbocycles. The van der Waals surface area contributed by atoms with Crippen LogP contribution in [-0.2, 0) is 21.7 Å². The van der Waals surface area contributed by atoms with Gasteiger partial charge in [0.1, 0.15) is 0 Å². The zero-order valence-corrected chi connectivity index (χ0v) is 11.8. The van der Waals surface area contributed by atoms with Crippen LogP contribution in [0.2, 0.25) is 0 Å². The van der Waals surface area contributed by atoms with E-state index in [0.717, 1.165) is 12.1 Å². The molecule has 1 fully saturated rings. The minimum atomic E-state index is -4.42. The van der Waals surface area contributed by atoms with Crippen LogP contribution in [0.25, 0.3) is 0 Å². The minimum Gasteiger partial charge on any atom is -0.380 e. The molecule has 0 amide bonds. The van der Waals surface area contributed by atoms with Crippen LogP contribution in [-0.4, -0.2) is 35.8 Å². The highest BCUT2D eigenvalue weighted by atomic mass is 32.2. The zero-order chi connectivity index (χ0) is 14.8. The van der Waals surface area contributed by atoms with E-state index < -0.39 is 22.5 Å². The summed E-state index contributed by atoms with van der Waals surface area (Å²) in [6.45, 7) is 0.857. The summed E-state index contributed by atoms with van der Waals surface area (Å²) in [6.07, 6.45) is -3.72. The fourth-order valence-electron chi connectivity index (χ4n) is 2.23. The number of ether oxygens (including phenoxy) is 1. The van der Waals surface area contributed by atoms with Crippen LogP contribution in [0.5, 0.6) is 0 Å². The fourth-order valence-corrected chi connectivity index (χ4v) is 3.82. The van der Waals surface area contributed by atoms with E-state index >= 15 is 0 Å². The molecule has 1 heterocycles. The number of hydrogen-bond acceptors (Lipinski definition) is 3. The van der Waals surface area contributed by atoms with Gasteiger partial charge in [-0.15, -0.1) is 0 Å². The van der Waals surface area contributed by atoms with E-state index in [9.17, 15) is 17.4 Å². The maximum absolute atomic E-state index is 12.7. The van der Waals surface area contributed by atoms with E-state index in [4.69, 9.17) is 4.74 Å². The number of rotatable bonds is 3. The lowest BCUT2D eigenvalue weighted by molar-refractivity contribution is -0.137. The van der Waals surface area contributed by atoms with E-state index in [1.54, 1.807) is 7.05 Å². The summed E-state index contributed by atoms with van der Waals surface area (Å²) in [5.74, 6) is 0. The van der Waals surface area contributed by atoms with E-state index in [1.165, 1.54) is 12.1 Å². The highest BCUT2D eigenvalue weighted by molar-refractivity contribution is 7.85. The van der Waals surface area contributed by atoms with Crippen LogP contribution >= 0.6 is 0 Å². The maximum atomic E-state index is 12.7. The van der Waals surface area contributed by atoms with Gasteiger partial charge in [0.2, 0.25) is 0 Å². The Labute approximate surface area is 118 Å². The third-order valence-electron chi connectivity index (χ3n) is 3.34. The lowest BCUT2D eigenvalue weighted by Gasteiger charge is -2.30. The van der Waals surface area contributed by atoms with Crippen LogP contribution < -0.4 is 5.32 Å². The Morgan fingerprint density at radius 1 is 1.40 bits per heavy atom. The van der Waals surface area contributed by atoms with E-state index in [1.807, 2.05) is 0 Å². The van der Waals surface area contributed by atoms with Gasteiger partial charge in [0.05, 0.1) is 28.2 Å². The van der Waals surface area contributed by atoms with Crippen LogP contribution in [0, 0.1) is 0 Å². The lowest BCUT2D eigenvalue weighted by Crippen LogP contribution is -2.47. The van der Waals surface area contributed by atoms with Gasteiger partial charge in [0.15, 0.2) is 0 Å². The Morgan fingerprint density at radius 3 is 2.80 bits per heavy atom. The molecule has 0 bridgehead atoms. The summed E-state index contributed by atoms with van der Waals surface area (Å²) in [5.41, 5.74) is -0.777. The van der Waals surface area contributed by atoms with Crippen molar-refractivity contribution < 1.29 is 22.1 Å². The number of benzene rings is 1. The molecule has 3 nitrogen and oxygen atoms in total. The van der Waals surface area contributed by atoms with Crippen LogP contribution in [0.3, 0.4) is 0 Å². The topological polar surface area (TPSA) is 38.3 Å². The van der Waals surface area contributed by atoms with Gasteiger partial charge in [-0.05, 0) is 31.7 Å². The Kier molecular flexibility index (Phi) is 4.82. The van der Waals surface area contributed by atoms with Gasteiger partial charge >= 0.3 is 6.18 Å². The highest BCUT2D eigenvalue weighted by Crippen LogP contribution is 2.31. The molecule has 1 aliphatic heterocycles. The first-order chi connectivity index (χ1) is 9.43. The summed E-state index contributed by atoms with van der Waals surface area (Å²) < 4.78 is 55.8. The van der Waals surface area contributed by atoms with Crippen molar-refractivity contribution in [2.45, 2.75) is 28.8 Å². The molecule has 3 unspecified atom stereocenters. The molecule has 0 aliphatic carbocycles. The SMILES string of the molecule is CNC1CCOCC1S(=O)c1cccc(C(F)(F)F)c1. The van der Waals surface area contributed by atoms with E-state index in [0.29, 0.717) is 13.0 Å². The number of halogens is 3. The normalized spacial score (nSPS) is 25.4. The molecule has 0 aromatic heterocycles. The van der Waals surface area contributed by atoms with Gasteiger partial charge < -0.3 is 10.1 Å². The molecule has 7 heteroatoms. The number of hydrogen-bond donors (Lipinski definition) is 1. The molecule has 1 saturated heterocycles. The first kappa shape index (κ1) is 15.5. The lowest BCUT2D eigenvalue weighted by atomic mass is 10.1. The van der Waals surface area contributed by atoms with Crippen LogP contribution in [0.15, 0.2) is 29.2 Å². The van der Waals surface area contributed by atoms with Gasteiger partial charge in [-0.1, -0.05) is 6.07 Å². The Balaban J connectivity index is 2.24. The predicted octanol–water partition coefficient (Wildman–Crippen LogP) is 2.19. The first-order valence-corrected chi connectivity index (χ1v) is 7.47. The third-order valence-corrected chi connectivity index (χ3v) is 5.08. The van der Waals surface area contributed by atoms with E-state index in [2.05, 4.69) is 5.32 Å². The minimum absolute atomic E-state index is 0.0147. The third kappa shape index (κ3) is 3.39. The number of nitrogens with one attached hydrogen (secondary N) is 1. The van der Waals surface area contributed by atoms with Gasteiger partial charge in [-0.2, -0.15) is 13.2 Å². The standard InChI is InChI=1S/C13H16F3NO2S/c1-17-11-5-6-19-8-12(11)20(18)10-4-2-3-9(7-10)13(14,15)16/h2-4,7,11-12,17H,5-6,8H2,1H3. The van der Waals surface area contributed by atoms with Crippen LogP contribution in [0.4, 0.5) is 13.2 Å². The second-order valence-corrected chi connectivity index (χ2v) is 6.29. The molecule has 20 heavy (non-hydrogen) atoms. The molecular formula is C13H16F3NO2S. The van der Waals surface area contributed by atoms with Gasteiger partial charge in [0, 0.05) is 17.5 Å². The quantitative estimate of drug-likeness (QED) is 0.930. The summed E-state index contributed by atoms with van der Waals surface area (Å²) >= 11 is 0. The summed E-state index contributed by atoms with van der Waals surface area (Å²) in [6, 6.07) is 4.67. The Bertz CT molecular complexity index is 493. The van der Waals surface area contributed by atoms with Crippen molar-refractivity contribution in [1.29, 1.82) is 0 Å². The average molecular weight is 307 g/mol. The second-order valence-electron chi connectivity index (χ2n) is 4.62. The first-order valence-electron chi connectivity index (χ1n) is 6.26. The summed E-state index contributed by atoms with van der Waals surface area (Å²) in [4.78, 5) is 0.190. The van der Waals surface area contributed by atoms with Gasteiger partial charge in [0.25, 0.3) is 0 Å². The molecule has 1 aliphatic rings. The Hall–Kier alpha value is -0.920. The van der Waals surface area contributed by atoms with Crippen molar-refractivity contribution in [2.75, 3.05) is 20.3 Å². The molecule has 0 spiro atoms. The van der Waals surface area contributed by atoms with E-state index in [-0.39, 0.29) is 22.8 Å². The van der Waals surface area contributed by atoms with Crippen molar-refractivity contribution in [2.24, 2.45) is 0 Å². The number of alkyl halides is 3. The predicted molar refractivity (Wildman–Crippen MR) is 69.9 cm³/mol. The smallest absolute Gasteiger partial charge is 0.380 e. The van der Waals surface area contributed by atoms with Crippen molar-refractivity contribution in [3.05, 3.63) is 29.8 Å². The summed E-state index contributed by atoms with van der Waals surface area (Å²) in [7, 11) is 0.224. The molecule has 0 radical (unpaired) electrons.